The van der Waals surface area contributed by atoms with E-state index in [1.165, 1.54) is 11.3 Å². The van der Waals surface area contributed by atoms with Gasteiger partial charge in [-0.1, -0.05) is 6.07 Å². The van der Waals surface area contributed by atoms with Gasteiger partial charge in [-0.25, -0.2) is 4.68 Å². The van der Waals surface area contributed by atoms with E-state index in [0.717, 1.165) is 38.1 Å². The van der Waals surface area contributed by atoms with Gasteiger partial charge in [0.25, 0.3) is 0 Å². The van der Waals surface area contributed by atoms with Crippen molar-refractivity contribution >= 4 is 28.4 Å². The average molecular weight is 374 g/mol. The monoisotopic (exact) mass is 373 g/mol. The first-order valence-corrected chi connectivity index (χ1v) is 9.39. The summed E-state index contributed by atoms with van der Waals surface area (Å²) in [6.45, 7) is 2.00. The molecule has 0 unspecified atom stereocenters. The molecular weight excluding hydrogens is 354 g/mol. The van der Waals surface area contributed by atoms with E-state index < -0.39 is 0 Å². The molecule has 0 fully saturated rings. The molecule has 1 aromatic carbocycles. The molecule has 0 N–H and O–H groups in total. The maximum atomic E-state index is 5.53. The van der Waals surface area contributed by atoms with Gasteiger partial charge in [0.2, 0.25) is 4.80 Å². The highest BCUT2D eigenvalue weighted by molar-refractivity contribution is 7.12. The highest BCUT2D eigenvalue weighted by Gasteiger charge is 2.14. The summed E-state index contributed by atoms with van der Waals surface area (Å²) in [7, 11) is 5.08. The maximum absolute atomic E-state index is 5.53. The van der Waals surface area contributed by atoms with Crippen LogP contribution in [0.15, 0.2) is 51.2 Å². The van der Waals surface area contributed by atoms with Crippen LogP contribution in [-0.4, -0.2) is 31.7 Å². The smallest absolute Gasteiger partial charge is 0.205 e. The number of thiophene rings is 1. The third kappa shape index (κ3) is 3.52. The van der Waals surface area contributed by atoms with Gasteiger partial charge in [0.1, 0.15) is 11.5 Å². The number of rotatable bonds is 5. The van der Waals surface area contributed by atoms with Crippen LogP contribution in [0.2, 0.25) is 0 Å². The molecule has 0 aliphatic rings. The molecule has 0 radical (unpaired) electrons. The van der Waals surface area contributed by atoms with Crippen molar-refractivity contribution in [1.29, 1.82) is 0 Å². The molecule has 0 saturated carbocycles. The second-order valence-corrected chi connectivity index (χ2v) is 6.95. The minimum absolute atomic E-state index is 0.763. The molecule has 7 heteroatoms. The van der Waals surface area contributed by atoms with Gasteiger partial charge in [-0.05, 0) is 36.6 Å². The molecule has 5 nitrogen and oxygen atoms in total. The molecule has 0 amide bonds. The molecule has 0 aliphatic carbocycles. The van der Waals surface area contributed by atoms with Crippen molar-refractivity contribution in [1.82, 2.24) is 4.68 Å². The Bertz CT molecular complexity index is 953. The Hall–Kier alpha value is -2.38. The second kappa shape index (κ2) is 7.67. The molecule has 2 aromatic heterocycles. The van der Waals surface area contributed by atoms with Gasteiger partial charge in [0.15, 0.2) is 0 Å². The Balaban J connectivity index is 2.20. The van der Waals surface area contributed by atoms with Crippen LogP contribution in [0.5, 0.6) is 11.5 Å². The van der Waals surface area contributed by atoms with Crippen molar-refractivity contribution in [3.8, 4) is 22.8 Å². The molecule has 3 aromatic rings. The second-order valence-electron chi connectivity index (χ2n) is 5.17. The summed E-state index contributed by atoms with van der Waals surface area (Å²) < 4.78 is 12.8. The zero-order valence-electron chi connectivity index (χ0n) is 14.5. The van der Waals surface area contributed by atoms with Gasteiger partial charge in [0, 0.05) is 18.0 Å². The summed E-state index contributed by atoms with van der Waals surface area (Å²) in [5.41, 5.74) is 2.76. The first-order chi connectivity index (χ1) is 12.2. The third-order valence-corrected chi connectivity index (χ3v) is 5.57. The summed E-state index contributed by atoms with van der Waals surface area (Å²) in [4.78, 5) is 6.30. The topological polar surface area (TPSA) is 48.1 Å². The largest absolute Gasteiger partial charge is 0.497 e. The van der Waals surface area contributed by atoms with Crippen LogP contribution in [-0.2, 0) is 0 Å². The lowest BCUT2D eigenvalue weighted by Crippen LogP contribution is -2.13. The van der Waals surface area contributed by atoms with Crippen molar-refractivity contribution in [2.24, 2.45) is 10.1 Å². The predicted molar refractivity (Wildman–Crippen MR) is 104 cm³/mol. The number of thiazole rings is 1. The van der Waals surface area contributed by atoms with Crippen LogP contribution in [0, 0.1) is 0 Å². The van der Waals surface area contributed by atoms with Crippen LogP contribution >= 0.6 is 22.7 Å². The lowest BCUT2D eigenvalue weighted by atomic mass is 10.1. The lowest BCUT2D eigenvalue weighted by Gasteiger charge is -2.11. The Morgan fingerprint density at radius 2 is 1.96 bits per heavy atom. The lowest BCUT2D eigenvalue weighted by molar-refractivity contribution is 0.404. The maximum Gasteiger partial charge on any atom is 0.205 e. The first kappa shape index (κ1) is 17.4. The molecule has 0 aliphatic heterocycles. The molecule has 0 atom stereocenters. The minimum Gasteiger partial charge on any atom is -0.497 e. The van der Waals surface area contributed by atoms with Gasteiger partial charge in [-0.15, -0.1) is 22.7 Å². The summed E-state index contributed by atoms with van der Waals surface area (Å²) >= 11 is 3.20. The van der Waals surface area contributed by atoms with E-state index >= 15 is 0 Å². The summed E-state index contributed by atoms with van der Waals surface area (Å²) in [6.07, 6.45) is 0. The molecule has 0 saturated heterocycles. The summed E-state index contributed by atoms with van der Waals surface area (Å²) in [5.74, 6) is 1.53. The van der Waals surface area contributed by atoms with Crippen LogP contribution in [0.1, 0.15) is 11.8 Å². The van der Waals surface area contributed by atoms with E-state index in [1.807, 2.05) is 46.6 Å². The van der Waals surface area contributed by atoms with E-state index in [4.69, 9.17) is 14.6 Å². The number of aromatic nitrogens is 1. The fraction of sp³-hybridized carbons (Fsp3) is 0.222. The van der Waals surface area contributed by atoms with Crippen LogP contribution in [0.4, 0.5) is 0 Å². The van der Waals surface area contributed by atoms with Crippen molar-refractivity contribution in [2.45, 2.75) is 6.92 Å². The zero-order chi connectivity index (χ0) is 17.8. The third-order valence-electron chi connectivity index (χ3n) is 3.69. The Labute approximate surface area is 154 Å². The Morgan fingerprint density at radius 1 is 1.12 bits per heavy atom. The van der Waals surface area contributed by atoms with E-state index in [-0.39, 0.29) is 0 Å². The fourth-order valence-electron chi connectivity index (χ4n) is 2.43. The molecule has 2 heterocycles. The molecule has 0 spiro atoms. The number of ether oxygens (including phenoxy) is 2. The molecular formula is C18H19N3O2S2. The van der Waals surface area contributed by atoms with E-state index in [9.17, 15) is 0 Å². The Morgan fingerprint density at radius 3 is 2.60 bits per heavy atom. The van der Waals surface area contributed by atoms with Crippen molar-refractivity contribution in [2.75, 3.05) is 21.3 Å². The normalized spacial score (nSPS) is 12.5. The SMILES string of the molecule is CN=c1scc(-c2cc(OC)ccc2OC)n1N=C(C)c1cccs1. The Kier molecular flexibility index (Phi) is 5.35. The van der Waals surface area contributed by atoms with Gasteiger partial charge in [0.05, 0.1) is 30.5 Å². The molecule has 130 valence electrons. The number of nitrogens with zero attached hydrogens (tertiary/aromatic N) is 3. The predicted octanol–water partition coefficient (Wildman–Crippen LogP) is 4.10. The number of methoxy groups -OCH3 is 2. The van der Waals surface area contributed by atoms with Crippen molar-refractivity contribution < 1.29 is 9.47 Å². The fourth-order valence-corrected chi connectivity index (χ4v) is 3.89. The van der Waals surface area contributed by atoms with E-state index in [2.05, 4.69) is 11.1 Å². The highest BCUT2D eigenvalue weighted by atomic mass is 32.1. The average Bonchev–Trinajstić information content (AvgIpc) is 3.31. The number of hydrogen-bond acceptors (Lipinski definition) is 6. The zero-order valence-corrected chi connectivity index (χ0v) is 16.1. The van der Waals surface area contributed by atoms with Gasteiger partial charge in [-0.3, -0.25) is 4.99 Å². The van der Waals surface area contributed by atoms with E-state index in [1.54, 1.807) is 32.6 Å². The highest BCUT2D eigenvalue weighted by Crippen LogP contribution is 2.33. The van der Waals surface area contributed by atoms with Gasteiger partial charge >= 0.3 is 0 Å². The van der Waals surface area contributed by atoms with E-state index in [0.29, 0.717) is 0 Å². The molecule has 25 heavy (non-hydrogen) atoms. The standard InChI is InChI=1S/C18H19N3O2S2/c1-12(17-6-5-9-24-17)20-21-15(11-25-18(21)19-2)14-10-13(22-3)7-8-16(14)23-4/h5-11H,1-4H3. The van der Waals surface area contributed by atoms with Crippen LogP contribution in [0.25, 0.3) is 11.3 Å². The van der Waals surface area contributed by atoms with Crippen molar-refractivity contribution in [3.63, 3.8) is 0 Å². The van der Waals surface area contributed by atoms with Gasteiger partial charge in [-0.2, -0.15) is 5.10 Å². The quantitative estimate of drug-likeness (QED) is 0.632. The summed E-state index contributed by atoms with van der Waals surface area (Å²) in [6, 6.07) is 9.81. The number of hydrogen-bond donors (Lipinski definition) is 0. The van der Waals surface area contributed by atoms with Crippen LogP contribution < -0.4 is 14.3 Å². The molecule has 3 rings (SSSR count). The van der Waals surface area contributed by atoms with Crippen molar-refractivity contribution in [3.05, 3.63) is 50.8 Å². The van der Waals surface area contributed by atoms with Gasteiger partial charge < -0.3 is 9.47 Å². The number of benzene rings is 1. The molecule has 0 bridgehead atoms. The minimum atomic E-state index is 0.763. The first-order valence-electron chi connectivity index (χ1n) is 7.63. The van der Waals surface area contributed by atoms with Crippen LogP contribution in [0.3, 0.4) is 0 Å². The summed E-state index contributed by atoms with van der Waals surface area (Å²) in [5, 5.41) is 8.88.